The molecule has 10 heteroatoms. The van der Waals surface area contributed by atoms with E-state index in [1.165, 1.54) is 19.2 Å². The third kappa shape index (κ3) is 4.10. The van der Waals surface area contributed by atoms with E-state index in [9.17, 15) is 18.0 Å². The SMILES string of the molecule is COc1ccc(CNC(=O)c2n[nH]c3c2CNCC3)c(C(F)(F)F)c1.Cl. The van der Waals surface area contributed by atoms with Crippen molar-refractivity contribution >= 4 is 18.3 Å². The number of alkyl halides is 3. The Labute approximate surface area is 153 Å². The van der Waals surface area contributed by atoms with Gasteiger partial charge in [-0.2, -0.15) is 18.3 Å². The van der Waals surface area contributed by atoms with E-state index in [1.807, 2.05) is 0 Å². The van der Waals surface area contributed by atoms with Gasteiger partial charge in [-0.3, -0.25) is 9.89 Å². The fraction of sp³-hybridized carbons (Fsp3) is 0.375. The van der Waals surface area contributed by atoms with E-state index in [-0.39, 0.29) is 36.0 Å². The summed E-state index contributed by atoms with van der Waals surface area (Å²) in [6.07, 6.45) is -3.81. The first-order chi connectivity index (χ1) is 11.9. The number of aromatic nitrogens is 2. The number of methoxy groups -OCH3 is 1. The van der Waals surface area contributed by atoms with E-state index >= 15 is 0 Å². The van der Waals surface area contributed by atoms with Gasteiger partial charge in [0.1, 0.15) is 5.75 Å². The first-order valence-electron chi connectivity index (χ1n) is 7.69. The highest BCUT2D eigenvalue weighted by Gasteiger charge is 2.34. The molecule has 1 aromatic heterocycles. The Bertz CT molecular complexity index is 792. The molecular formula is C16H18ClF3N4O2. The van der Waals surface area contributed by atoms with E-state index in [2.05, 4.69) is 20.8 Å². The Hall–Kier alpha value is -2.26. The van der Waals surface area contributed by atoms with Gasteiger partial charge in [-0.15, -0.1) is 12.4 Å². The zero-order chi connectivity index (χ0) is 18.0. The first kappa shape index (κ1) is 20.1. The molecule has 1 aromatic carbocycles. The Balaban J connectivity index is 0.00000243. The molecule has 0 saturated carbocycles. The summed E-state index contributed by atoms with van der Waals surface area (Å²) in [7, 11) is 1.30. The van der Waals surface area contributed by atoms with E-state index in [1.54, 1.807) is 0 Å². The molecular weight excluding hydrogens is 373 g/mol. The largest absolute Gasteiger partial charge is 0.497 e. The molecule has 6 nitrogen and oxygen atoms in total. The number of rotatable bonds is 4. The molecule has 0 bridgehead atoms. The van der Waals surface area contributed by atoms with Gasteiger partial charge in [-0.1, -0.05) is 6.07 Å². The Morgan fingerprint density at radius 1 is 1.38 bits per heavy atom. The van der Waals surface area contributed by atoms with Gasteiger partial charge in [-0.05, 0) is 17.7 Å². The maximum atomic E-state index is 13.2. The van der Waals surface area contributed by atoms with Gasteiger partial charge in [0.15, 0.2) is 5.69 Å². The summed E-state index contributed by atoms with van der Waals surface area (Å²) in [5, 5.41) is 12.4. The van der Waals surface area contributed by atoms with Gasteiger partial charge in [0, 0.05) is 37.3 Å². The summed E-state index contributed by atoms with van der Waals surface area (Å²) in [6, 6.07) is 3.64. The van der Waals surface area contributed by atoms with Crippen molar-refractivity contribution in [2.45, 2.75) is 25.7 Å². The highest BCUT2D eigenvalue weighted by molar-refractivity contribution is 5.94. The minimum Gasteiger partial charge on any atom is -0.497 e. The van der Waals surface area contributed by atoms with E-state index in [4.69, 9.17) is 4.74 Å². The Morgan fingerprint density at radius 3 is 2.85 bits per heavy atom. The topological polar surface area (TPSA) is 79.0 Å². The van der Waals surface area contributed by atoms with Crippen LogP contribution in [0.4, 0.5) is 13.2 Å². The minimum absolute atomic E-state index is 0. The maximum absolute atomic E-state index is 13.2. The molecule has 3 rings (SSSR count). The molecule has 0 unspecified atom stereocenters. The van der Waals surface area contributed by atoms with Crippen LogP contribution in [0.25, 0.3) is 0 Å². The summed E-state index contributed by atoms with van der Waals surface area (Å²) < 4.78 is 44.4. The molecule has 0 spiro atoms. The summed E-state index contributed by atoms with van der Waals surface area (Å²) in [4.78, 5) is 12.3. The lowest BCUT2D eigenvalue weighted by molar-refractivity contribution is -0.138. The van der Waals surface area contributed by atoms with Crippen LogP contribution < -0.4 is 15.4 Å². The Morgan fingerprint density at radius 2 is 2.15 bits per heavy atom. The summed E-state index contributed by atoms with van der Waals surface area (Å²) in [5.41, 5.74) is 0.977. The minimum atomic E-state index is -4.54. The number of carbonyl (C=O) groups is 1. The number of H-pyrrole nitrogens is 1. The molecule has 1 aliphatic heterocycles. The smallest absolute Gasteiger partial charge is 0.416 e. The van der Waals surface area contributed by atoms with Gasteiger partial charge < -0.3 is 15.4 Å². The van der Waals surface area contributed by atoms with Gasteiger partial charge in [0.05, 0.1) is 12.7 Å². The van der Waals surface area contributed by atoms with Gasteiger partial charge in [0.2, 0.25) is 0 Å². The van der Waals surface area contributed by atoms with Crippen molar-refractivity contribution in [1.82, 2.24) is 20.8 Å². The molecule has 2 heterocycles. The van der Waals surface area contributed by atoms with Crippen molar-refractivity contribution in [3.63, 3.8) is 0 Å². The van der Waals surface area contributed by atoms with Crippen LogP contribution in [0.2, 0.25) is 0 Å². The quantitative estimate of drug-likeness (QED) is 0.749. The summed E-state index contributed by atoms with van der Waals surface area (Å²) >= 11 is 0. The number of hydrogen-bond acceptors (Lipinski definition) is 4. The lowest BCUT2D eigenvalue weighted by atomic mass is 10.1. The Kier molecular flexibility index (Phi) is 6.14. The van der Waals surface area contributed by atoms with Crippen molar-refractivity contribution in [3.8, 4) is 5.75 Å². The fourth-order valence-electron chi connectivity index (χ4n) is 2.77. The van der Waals surface area contributed by atoms with Crippen LogP contribution in [0, 0.1) is 0 Å². The third-order valence-electron chi connectivity index (χ3n) is 4.08. The standard InChI is InChI=1S/C16H17F3N4O2.ClH/c1-25-10-3-2-9(12(6-10)16(17,18)19)7-21-15(24)14-11-8-20-5-4-13(11)22-23-14;/h2-3,6,20H,4-5,7-8H2,1H3,(H,21,24)(H,22,23);1H. The second kappa shape index (κ2) is 7.96. The monoisotopic (exact) mass is 390 g/mol. The number of benzene rings is 1. The van der Waals surface area contributed by atoms with Crippen LogP contribution in [-0.4, -0.2) is 29.8 Å². The molecule has 142 valence electrons. The predicted octanol–water partition coefficient (Wildman–Crippen LogP) is 2.43. The number of nitrogens with zero attached hydrogens (tertiary/aromatic N) is 1. The van der Waals surface area contributed by atoms with Crippen LogP contribution in [0.1, 0.15) is 32.9 Å². The fourth-order valence-corrected chi connectivity index (χ4v) is 2.77. The molecule has 1 amide bonds. The maximum Gasteiger partial charge on any atom is 0.416 e. The molecule has 26 heavy (non-hydrogen) atoms. The van der Waals surface area contributed by atoms with E-state index in [0.29, 0.717) is 6.54 Å². The average Bonchev–Trinajstić information content (AvgIpc) is 3.03. The highest BCUT2D eigenvalue weighted by atomic mass is 35.5. The van der Waals surface area contributed by atoms with Crippen LogP contribution >= 0.6 is 12.4 Å². The van der Waals surface area contributed by atoms with Crippen molar-refractivity contribution in [2.75, 3.05) is 13.7 Å². The van der Waals surface area contributed by atoms with E-state index in [0.717, 1.165) is 30.3 Å². The van der Waals surface area contributed by atoms with Crippen molar-refractivity contribution in [2.24, 2.45) is 0 Å². The average molecular weight is 391 g/mol. The summed E-state index contributed by atoms with van der Waals surface area (Å²) in [6.45, 7) is 1.04. The number of halogens is 4. The molecule has 1 aliphatic rings. The third-order valence-corrected chi connectivity index (χ3v) is 4.08. The van der Waals surface area contributed by atoms with Gasteiger partial charge in [0.25, 0.3) is 5.91 Å². The number of amides is 1. The van der Waals surface area contributed by atoms with Crippen LogP contribution in [0.3, 0.4) is 0 Å². The number of carbonyl (C=O) groups excluding carboxylic acids is 1. The number of hydrogen-bond donors (Lipinski definition) is 3. The molecule has 0 radical (unpaired) electrons. The van der Waals surface area contributed by atoms with Crippen LogP contribution in [0.15, 0.2) is 18.2 Å². The molecule has 0 saturated heterocycles. The molecule has 0 atom stereocenters. The normalized spacial score (nSPS) is 13.5. The second-order valence-electron chi connectivity index (χ2n) is 5.66. The van der Waals surface area contributed by atoms with Crippen molar-refractivity contribution < 1.29 is 22.7 Å². The van der Waals surface area contributed by atoms with Crippen molar-refractivity contribution in [1.29, 1.82) is 0 Å². The number of ether oxygens (including phenoxy) is 1. The molecule has 0 fully saturated rings. The zero-order valence-electron chi connectivity index (χ0n) is 13.9. The number of aromatic amines is 1. The molecule has 0 aliphatic carbocycles. The van der Waals surface area contributed by atoms with E-state index < -0.39 is 17.6 Å². The molecule has 2 aromatic rings. The van der Waals surface area contributed by atoms with Gasteiger partial charge in [-0.25, -0.2) is 0 Å². The highest BCUT2D eigenvalue weighted by Crippen LogP contribution is 2.34. The predicted molar refractivity (Wildman–Crippen MR) is 90.4 cm³/mol. The lowest BCUT2D eigenvalue weighted by Crippen LogP contribution is -2.28. The number of nitrogens with one attached hydrogen (secondary N) is 3. The molecule has 3 N–H and O–H groups in total. The zero-order valence-corrected chi connectivity index (χ0v) is 14.7. The van der Waals surface area contributed by atoms with Crippen LogP contribution in [0.5, 0.6) is 5.75 Å². The second-order valence-corrected chi connectivity index (χ2v) is 5.66. The first-order valence-corrected chi connectivity index (χ1v) is 7.69. The van der Waals surface area contributed by atoms with Crippen molar-refractivity contribution in [3.05, 3.63) is 46.3 Å². The van der Waals surface area contributed by atoms with Gasteiger partial charge >= 0.3 is 6.18 Å². The summed E-state index contributed by atoms with van der Waals surface area (Å²) in [5.74, 6) is -0.403. The number of fused-ring (bicyclic) bond motifs is 1. The lowest BCUT2D eigenvalue weighted by Gasteiger charge is -2.15. The van der Waals surface area contributed by atoms with Crippen LogP contribution in [-0.2, 0) is 25.7 Å².